The maximum Gasteiger partial charge on any atom is 0.230 e. The van der Waals surface area contributed by atoms with E-state index in [4.69, 9.17) is 34.8 Å². The Labute approximate surface area is 168 Å². The number of halogens is 3. The first-order valence-corrected chi connectivity index (χ1v) is 10.0. The molecule has 3 aliphatic rings. The molecule has 0 aromatic heterocycles. The van der Waals surface area contributed by atoms with Crippen LogP contribution in [-0.4, -0.2) is 17.8 Å². The fraction of sp³-hybridized carbons (Fsp3) is 0.381. The van der Waals surface area contributed by atoms with E-state index in [1.807, 2.05) is 31.2 Å². The number of alkyl halides is 1. The van der Waals surface area contributed by atoms with E-state index in [0.29, 0.717) is 5.03 Å². The maximum atomic E-state index is 12.5. The lowest BCUT2D eigenvalue weighted by atomic mass is 9.63. The Morgan fingerprint density at radius 3 is 2.62 bits per heavy atom. The van der Waals surface area contributed by atoms with Gasteiger partial charge in [0, 0.05) is 28.4 Å². The number of hydrogen-bond donors (Lipinski definition) is 1. The molecule has 3 unspecified atom stereocenters. The number of rotatable bonds is 2. The van der Waals surface area contributed by atoms with Gasteiger partial charge in [0.25, 0.3) is 0 Å². The second kappa shape index (κ2) is 6.74. The average Bonchev–Trinajstić information content (AvgIpc) is 2.89. The van der Waals surface area contributed by atoms with Gasteiger partial charge in [-0.1, -0.05) is 53.1 Å². The summed E-state index contributed by atoms with van der Waals surface area (Å²) < 4.78 is 0. The fourth-order valence-corrected chi connectivity index (χ4v) is 5.21. The van der Waals surface area contributed by atoms with Crippen LogP contribution in [-0.2, 0) is 4.79 Å². The minimum Gasteiger partial charge on any atom is -0.355 e. The average molecular weight is 409 g/mol. The molecule has 1 amide bonds. The number of allylic oxidation sites excluding steroid dienone is 5. The summed E-state index contributed by atoms with van der Waals surface area (Å²) in [4.78, 5) is 12.5. The van der Waals surface area contributed by atoms with Crippen LogP contribution in [0, 0.1) is 17.3 Å². The number of nitrogens with one attached hydrogen (secondary N) is 1. The van der Waals surface area contributed by atoms with Crippen molar-refractivity contribution >= 4 is 40.7 Å². The second-order valence-corrected chi connectivity index (χ2v) is 8.93. The molecule has 0 spiro atoms. The third-order valence-electron chi connectivity index (χ3n) is 6.02. The number of carbonyl (C=O) groups is 1. The first-order valence-electron chi connectivity index (χ1n) is 8.84. The molecule has 1 aliphatic heterocycles. The summed E-state index contributed by atoms with van der Waals surface area (Å²) in [5, 5.41) is 4.19. The Morgan fingerprint density at radius 2 is 1.92 bits per heavy atom. The minimum absolute atomic E-state index is 0.0195. The maximum absolute atomic E-state index is 12.5. The highest BCUT2D eigenvalue weighted by molar-refractivity contribution is 6.32. The molecule has 0 bridgehead atoms. The normalized spacial score (nSPS) is 36.2. The zero-order chi connectivity index (χ0) is 18.5. The molecule has 5 heteroatoms. The Bertz CT molecular complexity index is 826. The summed E-state index contributed by atoms with van der Waals surface area (Å²) in [6.45, 7) is 2.76. The highest BCUT2D eigenvalue weighted by atomic mass is 35.5. The molecular weight excluding hydrogens is 389 g/mol. The van der Waals surface area contributed by atoms with Gasteiger partial charge in [0.1, 0.15) is 0 Å². The molecule has 1 heterocycles. The van der Waals surface area contributed by atoms with Crippen LogP contribution in [0.5, 0.6) is 0 Å². The van der Waals surface area contributed by atoms with E-state index in [9.17, 15) is 4.79 Å². The van der Waals surface area contributed by atoms with E-state index in [1.165, 1.54) is 11.1 Å². The quantitative estimate of drug-likeness (QED) is 0.513. The Kier molecular flexibility index (Phi) is 4.71. The minimum atomic E-state index is -0.479. The lowest BCUT2D eigenvalue weighted by Gasteiger charge is -2.40. The summed E-state index contributed by atoms with van der Waals surface area (Å²) in [5.41, 5.74) is 1.92. The first-order chi connectivity index (χ1) is 12.4. The third kappa shape index (κ3) is 3.02. The molecule has 1 N–H and O–H groups in total. The van der Waals surface area contributed by atoms with Gasteiger partial charge in [-0.3, -0.25) is 4.79 Å². The van der Waals surface area contributed by atoms with Gasteiger partial charge in [-0.05, 0) is 49.1 Å². The number of fused-ring (bicyclic) bond motifs is 1. The standard InChI is InChI=1S/C21H20Cl3NO/c1-21-10-18(16-7-6-15(23)9-19(16)24)17(8-13(21)11-25-20(21)26)12-2-4-14(22)5-3-12/h2-7,9-10,13,16-17,19H,8,11H2,1H3,(H,25,26)/t13-,16?,17-,19?,21?/m1/s1. The van der Waals surface area contributed by atoms with Crippen molar-refractivity contribution in [1.82, 2.24) is 5.32 Å². The van der Waals surface area contributed by atoms with E-state index in [-0.39, 0.29) is 29.0 Å². The predicted molar refractivity (Wildman–Crippen MR) is 108 cm³/mol. The van der Waals surface area contributed by atoms with Gasteiger partial charge in [0.15, 0.2) is 0 Å². The molecule has 0 radical (unpaired) electrons. The monoisotopic (exact) mass is 407 g/mol. The van der Waals surface area contributed by atoms with Gasteiger partial charge in [0.2, 0.25) is 5.91 Å². The van der Waals surface area contributed by atoms with Gasteiger partial charge >= 0.3 is 0 Å². The van der Waals surface area contributed by atoms with E-state index in [0.717, 1.165) is 18.0 Å². The van der Waals surface area contributed by atoms with E-state index >= 15 is 0 Å². The Balaban J connectivity index is 1.80. The van der Waals surface area contributed by atoms with Crippen molar-refractivity contribution in [3.8, 4) is 0 Å². The molecule has 0 saturated carbocycles. The molecule has 1 aromatic rings. The molecule has 26 heavy (non-hydrogen) atoms. The summed E-state index contributed by atoms with van der Waals surface area (Å²) in [7, 11) is 0. The summed E-state index contributed by atoms with van der Waals surface area (Å²) in [5.74, 6) is 0.610. The van der Waals surface area contributed by atoms with Crippen LogP contribution in [0.1, 0.15) is 24.8 Å². The van der Waals surface area contributed by atoms with Gasteiger partial charge in [-0.25, -0.2) is 0 Å². The van der Waals surface area contributed by atoms with E-state index in [2.05, 4.69) is 29.6 Å². The third-order valence-corrected chi connectivity index (χ3v) is 6.92. The van der Waals surface area contributed by atoms with Gasteiger partial charge < -0.3 is 5.32 Å². The molecule has 2 aliphatic carbocycles. The Hall–Kier alpha value is -1.22. The summed E-state index contributed by atoms with van der Waals surface area (Å²) in [6.07, 6.45) is 8.91. The van der Waals surface area contributed by atoms with Gasteiger partial charge in [-0.2, -0.15) is 0 Å². The molecule has 1 saturated heterocycles. The molecule has 1 aromatic carbocycles. The van der Waals surface area contributed by atoms with Crippen molar-refractivity contribution in [2.75, 3.05) is 6.54 Å². The van der Waals surface area contributed by atoms with Crippen molar-refractivity contribution in [1.29, 1.82) is 0 Å². The van der Waals surface area contributed by atoms with E-state index in [1.54, 1.807) is 0 Å². The second-order valence-electron chi connectivity index (χ2n) is 7.55. The zero-order valence-electron chi connectivity index (χ0n) is 14.4. The van der Waals surface area contributed by atoms with Gasteiger partial charge in [0.05, 0.1) is 10.8 Å². The highest BCUT2D eigenvalue weighted by Crippen LogP contribution is 2.51. The van der Waals surface area contributed by atoms with Crippen molar-refractivity contribution in [2.45, 2.75) is 24.6 Å². The van der Waals surface area contributed by atoms with Crippen molar-refractivity contribution in [3.63, 3.8) is 0 Å². The van der Waals surface area contributed by atoms with Crippen LogP contribution in [0.15, 0.2) is 59.2 Å². The lowest BCUT2D eigenvalue weighted by Crippen LogP contribution is -2.37. The number of carbonyl (C=O) groups excluding carboxylic acids is 1. The molecule has 136 valence electrons. The molecule has 4 rings (SSSR count). The van der Waals surface area contributed by atoms with E-state index < -0.39 is 5.41 Å². The SMILES string of the molecule is CC12C=C(C3C=CC(Cl)=CC3Cl)[C@@H](c3ccc(Cl)cc3)C[C@@H]1CNC2=O. The van der Waals surface area contributed by atoms with Gasteiger partial charge in [-0.15, -0.1) is 11.6 Å². The molecule has 1 fully saturated rings. The van der Waals surface area contributed by atoms with Crippen molar-refractivity contribution in [3.05, 3.63) is 69.8 Å². The summed E-state index contributed by atoms with van der Waals surface area (Å²) in [6, 6.07) is 8.00. The van der Waals surface area contributed by atoms with Crippen LogP contribution in [0.3, 0.4) is 0 Å². The predicted octanol–water partition coefficient (Wildman–Crippen LogP) is 5.42. The Morgan fingerprint density at radius 1 is 1.19 bits per heavy atom. The molecule has 2 nitrogen and oxygen atoms in total. The van der Waals surface area contributed by atoms with Crippen LogP contribution in [0.2, 0.25) is 5.02 Å². The highest BCUT2D eigenvalue weighted by Gasteiger charge is 2.50. The molecular formula is C21H20Cl3NO. The topological polar surface area (TPSA) is 29.1 Å². The largest absolute Gasteiger partial charge is 0.355 e. The number of amides is 1. The van der Waals surface area contributed by atoms with Crippen molar-refractivity contribution in [2.24, 2.45) is 17.3 Å². The van der Waals surface area contributed by atoms with Crippen LogP contribution >= 0.6 is 34.8 Å². The number of hydrogen-bond acceptors (Lipinski definition) is 1. The lowest BCUT2D eigenvalue weighted by molar-refractivity contribution is -0.126. The van der Waals surface area contributed by atoms with Crippen molar-refractivity contribution < 1.29 is 4.79 Å². The number of benzene rings is 1. The zero-order valence-corrected chi connectivity index (χ0v) is 16.7. The van der Waals surface area contributed by atoms with Crippen LogP contribution in [0.25, 0.3) is 0 Å². The van der Waals surface area contributed by atoms with Crippen LogP contribution in [0.4, 0.5) is 0 Å². The van der Waals surface area contributed by atoms with Crippen LogP contribution < -0.4 is 5.32 Å². The smallest absolute Gasteiger partial charge is 0.230 e. The fourth-order valence-electron chi connectivity index (χ4n) is 4.44. The molecule has 5 atom stereocenters. The first kappa shape index (κ1) is 18.2. The summed E-state index contributed by atoms with van der Waals surface area (Å²) >= 11 is 18.8.